The number of nitrogens with one attached hydrogen (secondary N) is 1. The summed E-state index contributed by atoms with van der Waals surface area (Å²) in [6.45, 7) is 7.59. The fraction of sp³-hybridized carbons (Fsp3) is 0.438. The molecule has 0 spiro atoms. The minimum absolute atomic E-state index is 0.0895. The van der Waals surface area contributed by atoms with Crippen molar-refractivity contribution in [1.29, 1.82) is 5.26 Å². The summed E-state index contributed by atoms with van der Waals surface area (Å²) >= 11 is 0. The van der Waals surface area contributed by atoms with E-state index in [0.717, 1.165) is 24.3 Å². The zero-order chi connectivity index (χ0) is 14.1. The van der Waals surface area contributed by atoms with Crippen LogP contribution in [0, 0.1) is 11.3 Å². The second kappa shape index (κ2) is 8.34. The van der Waals surface area contributed by atoms with E-state index >= 15 is 0 Å². The quantitative estimate of drug-likeness (QED) is 0.815. The molecule has 1 aromatic carbocycles. The SMILES string of the molecule is CCCNC(C)/C(C)=C/c1ccc(OCC#N)cc1. The topological polar surface area (TPSA) is 45.0 Å². The summed E-state index contributed by atoms with van der Waals surface area (Å²) in [5.74, 6) is 0.730. The van der Waals surface area contributed by atoms with Gasteiger partial charge in [-0.2, -0.15) is 5.26 Å². The van der Waals surface area contributed by atoms with Crippen LogP contribution in [0.15, 0.2) is 29.8 Å². The predicted molar refractivity (Wildman–Crippen MR) is 79.0 cm³/mol. The number of nitrogens with zero attached hydrogens (tertiary/aromatic N) is 1. The molecule has 0 bridgehead atoms. The van der Waals surface area contributed by atoms with Crippen LogP contribution >= 0.6 is 0 Å². The van der Waals surface area contributed by atoms with Gasteiger partial charge in [0.15, 0.2) is 6.61 Å². The maximum absolute atomic E-state index is 8.44. The summed E-state index contributed by atoms with van der Waals surface area (Å²) in [6.07, 6.45) is 3.31. The van der Waals surface area contributed by atoms with Gasteiger partial charge in [0.1, 0.15) is 11.8 Å². The molecule has 1 N–H and O–H groups in total. The van der Waals surface area contributed by atoms with Gasteiger partial charge < -0.3 is 10.1 Å². The Hall–Kier alpha value is -1.79. The standard InChI is InChI=1S/C16H22N2O/c1-4-10-18-14(3)13(2)12-15-5-7-16(8-6-15)19-11-9-17/h5-8,12,14,18H,4,10-11H2,1-3H3/b13-12+. The van der Waals surface area contributed by atoms with Gasteiger partial charge in [-0.3, -0.25) is 0 Å². The molecule has 3 nitrogen and oxygen atoms in total. The molecule has 0 aliphatic carbocycles. The number of hydrogen-bond acceptors (Lipinski definition) is 3. The lowest BCUT2D eigenvalue weighted by Gasteiger charge is -2.14. The molecule has 0 amide bonds. The maximum Gasteiger partial charge on any atom is 0.174 e. The normalized spacial score (nSPS) is 12.8. The summed E-state index contributed by atoms with van der Waals surface area (Å²) in [6, 6.07) is 10.1. The van der Waals surface area contributed by atoms with Crippen LogP contribution in [0.4, 0.5) is 0 Å². The molecule has 19 heavy (non-hydrogen) atoms. The van der Waals surface area contributed by atoms with Crippen LogP contribution in [-0.2, 0) is 0 Å². The second-order valence-corrected chi connectivity index (χ2v) is 4.58. The zero-order valence-electron chi connectivity index (χ0n) is 11.9. The van der Waals surface area contributed by atoms with Crippen molar-refractivity contribution in [3.63, 3.8) is 0 Å². The molecule has 0 aromatic heterocycles. The third-order valence-corrected chi connectivity index (χ3v) is 2.96. The number of hydrogen-bond donors (Lipinski definition) is 1. The van der Waals surface area contributed by atoms with Crippen LogP contribution in [-0.4, -0.2) is 19.2 Å². The largest absolute Gasteiger partial charge is 0.479 e. The van der Waals surface area contributed by atoms with Crippen molar-refractivity contribution in [2.24, 2.45) is 0 Å². The molecule has 1 atom stereocenters. The van der Waals surface area contributed by atoms with Gasteiger partial charge in [-0.15, -0.1) is 0 Å². The van der Waals surface area contributed by atoms with E-state index in [1.165, 1.54) is 5.57 Å². The molecule has 1 unspecified atom stereocenters. The van der Waals surface area contributed by atoms with Crippen molar-refractivity contribution in [3.8, 4) is 11.8 Å². The van der Waals surface area contributed by atoms with E-state index < -0.39 is 0 Å². The van der Waals surface area contributed by atoms with Crippen molar-refractivity contribution in [2.75, 3.05) is 13.2 Å². The van der Waals surface area contributed by atoms with Crippen LogP contribution < -0.4 is 10.1 Å². The number of nitriles is 1. The second-order valence-electron chi connectivity index (χ2n) is 4.58. The molecular weight excluding hydrogens is 236 g/mol. The summed E-state index contributed by atoms with van der Waals surface area (Å²) in [5, 5.41) is 11.9. The summed E-state index contributed by atoms with van der Waals surface area (Å²) in [5.41, 5.74) is 2.45. The van der Waals surface area contributed by atoms with Crippen molar-refractivity contribution in [3.05, 3.63) is 35.4 Å². The Labute approximate surface area is 115 Å². The van der Waals surface area contributed by atoms with E-state index in [1.54, 1.807) is 0 Å². The summed E-state index contributed by atoms with van der Waals surface area (Å²) in [7, 11) is 0. The molecule has 3 heteroatoms. The first-order chi connectivity index (χ1) is 9.17. The van der Waals surface area contributed by atoms with Crippen LogP contribution in [0.5, 0.6) is 5.75 Å². The first-order valence-electron chi connectivity index (χ1n) is 6.68. The third kappa shape index (κ3) is 5.58. The lowest BCUT2D eigenvalue weighted by atomic mass is 10.1. The Morgan fingerprint density at radius 2 is 2.11 bits per heavy atom. The fourth-order valence-electron chi connectivity index (χ4n) is 1.69. The molecule has 0 aliphatic heterocycles. The molecule has 0 aliphatic rings. The van der Waals surface area contributed by atoms with Gasteiger partial charge >= 0.3 is 0 Å². The monoisotopic (exact) mass is 258 g/mol. The highest BCUT2D eigenvalue weighted by atomic mass is 16.5. The van der Waals surface area contributed by atoms with Crippen molar-refractivity contribution in [1.82, 2.24) is 5.32 Å². The summed E-state index contributed by atoms with van der Waals surface area (Å²) in [4.78, 5) is 0. The Morgan fingerprint density at radius 3 is 2.68 bits per heavy atom. The molecule has 1 aromatic rings. The molecular formula is C16H22N2O. The number of ether oxygens (including phenoxy) is 1. The zero-order valence-corrected chi connectivity index (χ0v) is 11.9. The van der Waals surface area contributed by atoms with Crippen LogP contribution in [0.25, 0.3) is 6.08 Å². The van der Waals surface area contributed by atoms with Crippen molar-refractivity contribution >= 4 is 6.08 Å². The van der Waals surface area contributed by atoms with Crippen LogP contribution in [0.2, 0.25) is 0 Å². The lowest BCUT2D eigenvalue weighted by molar-refractivity contribution is 0.368. The van der Waals surface area contributed by atoms with Gasteiger partial charge in [0, 0.05) is 6.04 Å². The predicted octanol–water partition coefficient (Wildman–Crippen LogP) is 3.38. The van der Waals surface area contributed by atoms with Gasteiger partial charge in [0.25, 0.3) is 0 Å². The summed E-state index contributed by atoms with van der Waals surface area (Å²) < 4.78 is 5.22. The number of benzene rings is 1. The van der Waals surface area contributed by atoms with E-state index in [1.807, 2.05) is 30.3 Å². The highest BCUT2D eigenvalue weighted by Gasteiger charge is 2.02. The average Bonchev–Trinajstić information content (AvgIpc) is 2.43. The highest BCUT2D eigenvalue weighted by Crippen LogP contribution is 2.15. The molecule has 0 fully saturated rings. The molecule has 1 rings (SSSR count). The lowest BCUT2D eigenvalue weighted by Crippen LogP contribution is -2.27. The third-order valence-electron chi connectivity index (χ3n) is 2.96. The van der Waals surface area contributed by atoms with Gasteiger partial charge in [0.2, 0.25) is 0 Å². The van der Waals surface area contributed by atoms with E-state index in [4.69, 9.17) is 10.00 Å². The maximum atomic E-state index is 8.44. The van der Waals surface area contributed by atoms with E-state index in [9.17, 15) is 0 Å². The van der Waals surface area contributed by atoms with Crippen molar-refractivity contribution < 1.29 is 4.74 Å². The van der Waals surface area contributed by atoms with Gasteiger partial charge in [-0.05, 0) is 44.5 Å². The smallest absolute Gasteiger partial charge is 0.174 e. The molecule has 0 radical (unpaired) electrons. The van der Waals surface area contributed by atoms with Crippen LogP contribution in [0.3, 0.4) is 0 Å². The molecule has 102 valence electrons. The highest BCUT2D eigenvalue weighted by molar-refractivity contribution is 5.54. The fourth-order valence-corrected chi connectivity index (χ4v) is 1.69. The van der Waals surface area contributed by atoms with E-state index in [-0.39, 0.29) is 6.61 Å². The Balaban J connectivity index is 2.62. The first kappa shape index (κ1) is 15.3. The Kier molecular flexibility index (Phi) is 6.70. The Morgan fingerprint density at radius 1 is 1.42 bits per heavy atom. The van der Waals surface area contributed by atoms with Crippen molar-refractivity contribution in [2.45, 2.75) is 33.2 Å². The average molecular weight is 258 g/mol. The first-order valence-corrected chi connectivity index (χ1v) is 6.68. The minimum Gasteiger partial charge on any atom is -0.479 e. The molecule has 0 saturated carbocycles. The van der Waals surface area contributed by atoms with Gasteiger partial charge in [0.05, 0.1) is 0 Å². The Bertz CT molecular complexity index is 443. The van der Waals surface area contributed by atoms with Gasteiger partial charge in [-0.25, -0.2) is 0 Å². The van der Waals surface area contributed by atoms with Crippen LogP contribution in [0.1, 0.15) is 32.8 Å². The van der Waals surface area contributed by atoms with E-state index in [2.05, 4.69) is 32.2 Å². The molecule has 0 heterocycles. The number of rotatable bonds is 7. The molecule has 0 saturated heterocycles. The minimum atomic E-state index is 0.0895. The van der Waals surface area contributed by atoms with E-state index in [0.29, 0.717) is 6.04 Å². The van der Waals surface area contributed by atoms with Gasteiger partial charge in [-0.1, -0.05) is 30.7 Å².